The van der Waals surface area contributed by atoms with Crippen molar-refractivity contribution in [1.29, 1.82) is 0 Å². The molecule has 0 spiro atoms. The summed E-state index contributed by atoms with van der Waals surface area (Å²) < 4.78 is 0. The molecular formula is C20H28N2O2. The normalized spacial score (nSPS) is 29.4. The fourth-order valence-corrected chi connectivity index (χ4v) is 3.95. The number of carbonyl (C=O) groups is 1. The van der Waals surface area contributed by atoms with E-state index in [4.69, 9.17) is 0 Å². The Morgan fingerprint density at radius 3 is 2.62 bits per heavy atom. The van der Waals surface area contributed by atoms with Crippen LogP contribution in [-0.2, 0) is 6.42 Å². The highest BCUT2D eigenvalue weighted by molar-refractivity contribution is 5.75. The Hall–Kier alpha value is -1.81. The van der Waals surface area contributed by atoms with Gasteiger partial charge in [-0.2, -0.15) is 0 Å². The molecule has 3 rings (SSSR count). The first-order valence-electron chi connectivity index (χ1n) is 9.14. The van der Waals surface area contributed by atoms with Gasteiger partial charge in [0.2, 0.25) is 0 Å². The first-order valence-corrected chi connectivity index (χ1v) is 9.14. The van der Waals surface area contributed by atoms with E-state index in [-0.39, 0.29) is 30.6 Å². The molecule has 0 aliphatic heterocycles. The summed E-state index contributed by atoms with van der Waals surface area (Å²) in [4.78, 5) is 12.3. The summed E-state index contributed by atoms with van der Waals surface area (Å²) in [6.45, 7) is 0.151. The molecule has 1 aromatic rings. The molecular weight excluding hydrogens is 300 g/mol. The van der Waals surface area contributed by atoms with Crippen LogP contribution in [0, 0.1) is 11.8 Å². The van der Waals surface area contributed by atoms with Gasteiger partial charge >= 0.3 is 6.03 Å². The molecule has 0 bridgehead atoms. The maximum atomic E-state index is 12.3. The van der Waals surface area contributed by atoms with E-state index >= 15 is 0 Å². The van der Waals surface area contributed by atoms with Crippen molar-refractivity contribution in [3.05, 3.63) is 48.0 Å². The summed E-state index contributed by atoms with van der Waals surface area (Å²) >= 11 is 0. The molecule has 2 unspecified atom stereocenters. The fourth-order valence-electron chi connectivity index (χ4n) is 3.95. The van der Waals surface area contributed by atoms with Crippen molar-refractivity contribution < 1.29 is 9.90 Å². The number of aliphatic hydroxyl groups excluding tert-OH is 1. The second-order valence-corrected chi connectivity index (χ2v) is 7.13. The predicted octanol–water partition coefficient (Wildman–Crippen LogP) is 3.02. The van der Waals surface area contributed by atoms with Crippen LogP contribution in [0.5, 0.6) is 0 Å². The lowest BCUT2D eigenvalue weighted by Gasteiger charge is -2.32. The van der Waals surface area contributed by atoms with Crippen molar-refractivity contribution in [2.45, 2.75) is 50.6 Å². The maximum absolute atomic E-state index is 12.3. The molecule has 4 atom stereocenters. The molecule has 1 fully saturated rings. The van der Waals surface area contributed by atoms with E-state index in [0.29, 0.717) is 5.92 Å². The lowest BCUT2D eigenvalue weighted by molar-refractivity contribution is 0.212. The van der Waals surface area contributed by atoms with E-state index in [2.05, 4.69) is 34.9 Å². The number of urea groups is 1. The monoisotopic (exact) mass is 328 g/mol. The minimum absolute atomic E-state index is 0.0401. The largest absolute Gasteiger partial charge is 0.396 e. The summed E-state index contributed by atoms with van der Waals surface area (Å²) in [5.74, 6) is 0.687. The van der Waals surface area contributed by atoms with Crippen molar-refractivity contribution in [1.82, 2.24) is 10.6 Å². The minimum Gasteiger partial charge on any atom is -0.396 e. The quantitative estimate of drug-likeness (QED) is 0.728. The van der Waals surface area contributed by atoms with Crippen molar-refractivity contribution in [3.8, 4) is 0 Å². The molecule has 130 valence electrons. The van der Waals surface area contributed by atoms with Gasteiger partial charge in [0.15, 0.2) is 0 Å². The number of hydrogen-bond acceptors (Lipinski definition) is 2. The molecule has 24 heavy (non-hydrogen) atoms. The molecule has 1 aromatic carbocycles. The number of hydrogen-bond donors (Lipinski definition) is 3. The van der Waals surface area contributed by atoms with Gasteiger partial charge in [-0.3, -0.25) is 0 Å². The topological polar surface area (TPSA) is 61.4 Å². The molecule has 2 amide bonds. The van der Waals surface area contributed by atoms with E-state index in [0.717, 1.165) is 19.3 Å². The average Bonchev–Trinajstić information content (AvgIpc) is 3.05. The van der Waals surface area contributed by atoms with E-state index in [9.17, 15) is 9.90 Å². The van der Waals surface area contributed by atoms with Gasteiger partial charge in [-0.25, -0.2) is 4.79 Å². The Morgan fingerprint density at radius 2 is 1.88 bits per heavy atom. The number of rotatable bonds is 5. The molecule has 3 N–H and O–H groups in total. The number of benzene rings is 1. The van der Waals surface area contributed by atoms with Crippen LogP contribution in [0.15, 0.2) is 42.5 Å². The van der Waals surface area contributed by atoms with Gasteiger partial charge in [-0.05, 0) is 37.2 Å². The van der Waals surface area contributed by atoms with Gasteiger partial charge in [0.25, 0.3) is 0 Å². The number of carbonyl (C=O) groups excluding carboxylic acids is 1. The summed E-state index contributed by atoms with van der Waals surface area (Å²) in [5.41, 5.74) is 1.35. The molecule has 0 radical (unpaired) electrons. The van der Waals surface area contributed by atoms with Crippen LogP contribution in [0.2, 0.25) is 0 Å². The smallest absolute Gasteiger partial charge is 0.315 e. The van der Waals surface area contributed by atoms with Gasteiger partial charge in [-0.15, -0.1) is 0 Å². The molecule has 1 saturated carbocycles. The molecule has 0 saturated heterocycles. The summed E-state index contributed by atoms with van der Waals surface area (Å²) in [5, 5.41) is 15.4. The summed E-state index contributed by atoms with van der Waals surface area (Å²) in [7, 11) is 0. The first kappa shape index (κ1) is 17.0. The van der Waals surface area contributed by atoms with Crippen LogP contribution in [0.25, 0.3) is 0 Å². The zero-order chi connectivity index (χ0) is 16.8. The molecule has 0 heterocycles. The zero-order valence-corrected chi connectivity index (χ0v) is 14.2. The van der Waals surface area contributed by atoms with Crippen LogP contribution in [0.1, 0.15) is 37.7 Å². The lowest BCUT2D eigenvalue weighted by atomic mass is 9.81. The highest BCUT2D eigenvalue weighted by atomic mass is 16.3. The molecule has 0 aromatic heterocycles. The first-order chi connectivity index (χ1) is 11.7. The van der Waals surface area contributed by atoms with Gasteiger partial charge in [0, 0.05) is 24.6 Å². The van der Waals surface area contributed by atoms with Crippen molar-refractivity contribution in [2.24, 2.45) is 11.8 Å². The number of nitrogens with one attached hydrogen (secondary N) is 2. The van der Waals surface area contributed by atoms with Crippen LogP contribution in [0.3, 0.4) is 0 Å². The summed E-state index contributed by atoms with van der Waals surface area (Å²) in [6.07, 6.45) is 10.5. The van der Waals surface area contributed by atoms with Crippen molar-refractivity contribution in [3.63, 3.8) is 0 Å². The van der Waals surface area contributed by atoms with Crippen LogP contribution < -0.4 is 10.6 Å². The van der Waals surface area contributed by atoms with Gasteiger partial charge in [0.05, 0.1) is 0 Å². The molecule has 2 aliphatic rings. The molecule has 4 heteroatoms. The van der Waals surface area contributed by atoms with E-state index in [1.807, 2.05) is 18.2 Å². The van der Waals surface area contributed by atoms with Gasteiger partial charge < -0.3 is 15.7 Å². The fraction of sp³-hybridized carbons (Fsp3) is 0.550. The number of aliphatic hydroxyl groups is 1. The minimum atomic E-state index is -0.0757. The SMILES string of the molecule is O=C(NC1CCCCC1Cc1ccccc1)N[C@@H]1C=C[C@H](CO)C1. The second-order valence-electron chi connectivity index (χ2n) is 7.13. The average molecular weight is 328 g/mol. The predicted molar refractivity (Wildman–Crippen MR) is 95.7 cm³/mol. The highest BCUT2D eigenvalue weighted by Crippen LogP contribution is 2.27. The third-order valence-corrected chi connectivity index (χ3v) is 5.29. The third-order valence-electron chi connectivity index (χ3n) is 5.29. The molecule has 2 aliphatic carbocycles. The van der Waals surface area contributed by atoms with Crippen molar-refractivity contribution >= 4 is 6.03 Å². The zero-order valence-electron chi connectivity index (χ0n) is 14.2. The Kier molecular flexibility index (Phi) is 5.91. The Balaban J connectivity index is 1.52. The van der Waals surface area contributed by atoms with E-state index in [1.165, 1.54) is 24.8 Å². The van der Waals surface area contributed by atoms with Crippen LogP contribution in [-0.4, -0.2) is 29.8 Å². The van der Waals surface area contributed by atoms with E-state index < -0.39 is 0 Å². The van der Waals surface area contributed by atoms with Gasteiger partial charge in [0.1, 0.15) is 0 Å². The standard InChI is InChI=1S/C20H28N2O2/c23-14-16-10-11-18(13-16)21-20(24)22-19-9-5-4-8-17(19)12-15-6-2-1-3-7-15/h1-3,6-7,10-11,16-19,23H,4-5,8-9,12-14H2,(H2,21,22,24)/t16-,17?,18+,19?/m0/s1. The molecule has 4 nitrogen and oxygen atoms in total. The van der Waals surface area contributed by atoms with Crippen LogP contribution >= 0.6 is 0 Å². The Bertz CT molecular complexity index is 558. The van der Waals surface area contributed by atoms with Gasteiger partial charge in [-0.1, -0.05) is 55.3 Å². The van der Waals surface area contributed by atoms with E-state index in [1.54, 1.807) is 0 Å². The Morgan fingerprint density at radius 1 is 1.08 bits per heavy atom. The second kappa shape index (κ2) is 8.34. The summed E-state index contributed by atoms with van der Waals surface area (Å²) in [6, 6.07) is 10.8. The third kappa shape index (κ3) is 4.60. The maximum Gasteiger partial charge on any atom is 0.315 e. The number of amides is 2. The lowest BCUT2D eigenvalue weighted by Crippen LogP contribution is -2.49. The highest BCUT2D eigenvalue weighted by Gasteiger charge is 2.27. The van der Waals surface area contributed by atoms with Crippen molar-refractivity contribution in [2.75, 3.05) is 6.61 Å². The van der Waals surface area contributed by atoms with Crippen LogP contribution in [0.4, 0.5) is 4.79 Å². The Labute approximate surface area is 144 Å².